The number of aliphatic imine (C=N–C) groups is 1. The Morgan fingerprint density at radius 2 is 1.93 bits per heavy atom. The fraction of sp³-hybridized carbons (Fsp3) is 0.517. The summed E-state index contributed by atoms with van der Waals surface area (Å²) < 4.78 is 30.2. The molecule has 242 valence electrons. The topological polar surface area (TPSA) is 164 Å². The van der Waals surface area contributed by atoms with Crippen molar-refractivity contribution in [2.75, 3.05) is 42.9 Å². The summed E-state index contributed by atoms with van der Waals surface area (Å²) in [5, 5.41) is 16.5. The first kappa shape index (κ1) is 31.8. The van der Waals surface area contributed by atoms with Crippen molar-refractivity contribution in [1.29, 1.82) is 0 Å². The summed E-state index contributed by atoms with van der Waals surface area (Å²) in [6, 6.07) is 8.25. The Kier molecular flexibility index (Phi) is 9.39. The molecule has 5 N–H and O–H groups in total. The average Bonchev–Trinajstić information content (AvgIpc) is 3.80. The molecule has 4 aliphatic rings. The van der Waals surface area contributed by atoms with Gasteiger partial charge in [-0.25, -0.2) is 9.71 Å². The van der Waals surface area contributed by atoms with Gasteiger partial charge in [0.15, 0.2) is 17.5 Å². The highest BCUT2D eigenvalue weighted by Gasteiger charge is 2.35. The molecule has 2 saturated heterocycles. The lowest BCUT2D eigenvalue weighted by Gasteiger charge is -2.47. The van der Waals surface area contributed by atoms with Crippen molar-refractivity contribution in [2.24, 2.45) is 20.3 Å². The van der Waals surface area contributed by atoms with Crippen molar-refractivity contribution in [3.8, 4) is 0 Å². The van der Waals surface area contributed by atoms with Crippen molar-refractivity contribution >= 4 is 62.4 Å². The minimum absolute atomic E-state index is 0.0648. The average molecular weight is 678 g/mol. The standard InChI is InChI=1S/C29H38Cl2N10O3S/c1-2-22-17-40(29-25(31)14-21(15-33-29)35-28-27(34-20-5-6-20)37-45(43,44)38-28)11-12-41(22)23-7-9-39(10-8-23)16-18-3-4-19(30)13-24(18)26(32)36-42/h3-4,13-15,20,22-23,42H,2,5-12,16-17H2,1H3,(H2,32,36)(H,34,37)(H,35,38)/t22-/m0/s1. The van der Waals surface area contributed by atoms with E-state index in [-0.39, 0.29) is 23.5 Å². The lowest BCUT2D eigenvalue weighted by Crippen LogP contribution is -2.58. The van der Waals surface area contributed by atoms with Gasteiger partial charge in [-0.2, -0.15) is 8.42 Å². The van der Waals surface area contributed by atoms with E-state index < -0.39 is 10.2 Å². The molecule has 16 heteroatoms. The van der Waals surface area contributed by atoms with Gasteiger partial charge in [-0.3, -0.25) is 14.8 Å². The summed E-state index contributed by atoms with van der Waals surface area (Å²) in [6.45, 7) is 7.37. The van der Waals surface area contributed by atoms with Crippen LogP contribution in [0.25, 0.3) is 0 Å². The third-order valence-corrected chi connectivity index (χ3v) is 10.2. The second-order valence-corrected chi connectivity index (χ2v) is 14.1. The van der Waals surface area contributed by atoms with E-state index in [0.717, 1.165) is 70.4 Å². The number of amidine groups is 3. The lowest BCUT2D eigenvalue weighted by atomic mass is 9.97. The van der Waals surface area contributed by atoms with Gasteiger partial charge in [-0.15, -0.1) is 4.40 Å². The first-order valence-electron chi connectivity index (χ1n) is 15.2. The van der Waals surface area contributed by atoms with Crippen LogP contribution in [-0.4, -0.2) is 96.8 Å². The van der Waals surface area contributed by atoms with Crippen molar-refractivity contribution in [3.63, 3.8) is 0 Å². The predicted molar refractivity (Wildman–Crippen MR) is 178 cm³/mol. The van der Waals surface area contributed by atoms with Crippen molar-refractivity contribution in [2.45, 2.75) is 63.7 Å². The maximum Gasteiger partial charge on any atom is 0.345 e. The normalized spacial score (nSPS) is 24.1. The molecule has 0 bridgehead atoms. The lowest BCUT2D eigenvalue weighted by molar-refractivity contribution is 0.0610. The predicted octanol–water partition coefficient (Wildman–Crippen LogP) is 3.27. The van der Waals surface area contributed by atoms with E-state index in [2.05, 4.69) is 51.2 Å². The van der Waals surface area contributed by atoms with Crippen LogP contribution in [0.15, 0.2) is 45.0 Å². The Hall–Kier alpha value is -3.17. The number of hydrogen-bond acceptors (Lipinski definition) is 10. The third-order valence-electron chi connectivity index (χ3n) is 8.78. The number of likely N-dealkylation sites (tertiary alicyclic amines) is 1. The molecule has 0 spiro atoms. The Morgan fingerprint density at radius 3 is 2.62 bits per heavy atom. The molecular weight excluding hydrogens is 639 g/mol. The Bertz CT molecular complexity index is 1620. The number of nitrogens with one attached hydrogen (secondary N) is 2. The second-order valence-electron chi connectivity index (χ2n) is 11.9. The zero-order valence-corrected chi connectivity index (χ0v) is 27.4. The largest absolute Gasteiger partial charge is 0.409 e. The molecule has 1 aromatic carbocycles. The fourth-order valence-electron chi connectivity index (χ4n) is 6.32. The molecule has 1 atom stereocenters. The van der Waals surface area contributed by atoms with Crippen LogP contribution in [0.3, 0.4) is 0 Å². The van der Waals surface area contributed by atoms with Gasteiger partial charge >= 0.3 is 10.2 Å². The van der Waals surface area contributed by atoms with Crippen LogP contribution < -0.4 is 20.7 Å². The SMILES string of the molecule is CC[C@H]1CN(c2ncc(NC3=NS(=O)(=O)NC3=NC3CC3)cc2Cl)CCN1C1CCN(Cc2ccc(Cl)cc2/C(N)=N/O)CC1. The first-order valence-corrected chi connectivity index (χ1v) is 17.4. The number of piperazine rings is 1. The van der Waals surface area contributed by atoms with Crippen LogP contribution in [0, 0.1) is 0 Å². The number of hydrogen-bond donors (Lipinski definition) is 4. The minimum Gasteiger partial charge on any atom is -0.409 e. The molecule has 1 saturated carbocycles. The van der Waals surface area contributed by atoms with Gasteiger partial charge < -0.3 is 21.2 Å². The zero-order valence-electron chi connectivity index (χ0n) is 25.0. The summed E-state index contributed by atoms with van der Waals surface area (Å²) >= 11 is 12.9. The summed E-state index contributed by atoms with van der Waals surface area (Å²) in [6.07, 6.45) is 6.65. The number of aromatic nitrogens is 1. The molecule has 4 heterocycles. The van der Waals surface area contributed by atoms with Crippen LogP contribution >= 0.6 is 23.2 Å². The molecule has 45 heavy (non-hydrogen) atoms. The minimum atomic E-state index is -3.81. The number of oxime groups is 1. The van der Waals surface area contributed by atoms with Crippen molar-refractivity contribution in [3.05, 3.63) is 51.6 Å². The van der Waals surface area contributed by atoms with Gasteiger partial charge in [-0.05, 0) is 69.0 Å². The van der Waals surface area contributed by atoms with E-state index >= 15 is 0 Å². The second kappa shape index (κ2) is 13.3. The summed E-state index contributed by atoms with van der Waals surface area (Å²) in [5.74, 6) is 1.15. The van der Waals surface area contributed by atoms with E-state index in [1.807, 2.05) is 12.1 Å². The van der Waals surface area contributed by atoms with Gasteiger partial charge in [0.05, 0.1) is 22.9 Å². The maximum absolute atomic E-state index is 12.0. The fourth-order valence-corrected chi connectivity index (χ4v) is 7.59. The van der Waals surface area contributed by atoms with Crippen LogP contribution in [0.4, 0.5) is 11.5 Å². The van der Waals surface area contributed by atoms with E-state index in [0.29, 0.717) is 45.7 Å². The summed E-state index contributed by atoms with van der Waals surface area (Å²) in [5.41, 5.74) is 8.11. The first-order chi connectivity index (χ1) is 21.6. The van der Waals surface area contributed by atoms with Crippen LogP contribution in [0.1, 0.15) is 50.2 Å². The molecule has 2 aromatic rings. The van der Waals surface area contributed by atoms with Crippen molar-refractivity contribution < 1.29 is 13.6 Å². The van der Waals surface area contributed by atoms with Gasteiger partial charge in [0.1, 0.15) is 5.82 Å². The molecule has 0 unspecified atom stereocenters. The number of nitrogens with two attached hydrogens (primary N) is 1. The van der Waals surface area contributed by atoms with Gasteiger partial charge in [0.25, 0.3) is 0 Å². The Balaban J connectivity index is 1.06. The molecule has 1 aromatic heterocycles. The number of pyridine rings is 1. The molecule has 0 radical (unpaired) electrons. The van der Waals surface area contributed by atoms with E-state index in [1.165, 1.54) is 0 Å². The highest BCUT2D eigenvalue weighted by molar-refractivity contribution is 7.89. The summed E-state index contributed by atoms with van der Waals surface area (Å²) in [4.78, 5) is 16.4. The number of anilines is 2. The molecule has 0 amide bonds. The van der Waals surface area contributed by atoms with Crippen molar-refractivity contribution in [1.82, 2.24) is 19.5 Å². The van der Waals surface area contributed by atoms with Crippen LogP contribution in [0.5, 0.6) is 0 Å². The number of piperidine rings is 1. The van der Waals surface area contributed by atoms with Gasteiger partial charge in [0, 0.05) is 48.8 Å². The van der Waals surface area contributed by atoms with Crippen LogP contribution in [-0.2, 0) is 16.8 Å². The van der Waals surface area contributed by atoms with E-state index in [4.69, 9.17) is 28.9 Å². The van der Waals surface area contributed by atoms with E-state index in [1.54, 1.807) is 18.3 Å². The molecule has 3 fully saturated rings. The van der Waals surface area contributed by atoms with Gasteiger partial charge in [-0.1, -0.05) is 41.3 Å². The highest BCUT2D eigenvalue weighted by Crippen LogP contribution is 2.31. The Labute approximate surface area is 273 Å². The number of benzene rings is 1. The number of rotatable bonds is 8. The number of halogens is 2. The summed E-state index contributed by atoms with van der Waals surface area (Å²) in [7, 11) is -3.81. The third kappa shape index (κ3) is 7.46. The quantitative estimate of drug-likeness (QED) is 0.142. The maximum atomic E-state index is 12.0. The molecule has 3 aliphatic heterocycles. The molecule has 6 rings (SSSR count). The zero-order chi connectivity index (χ0) is 31.7. The Morgan fingerprint density at radius 1 is 1.16 bits per heavy atom. The highest BCUT2D eigenvalue weighted by atomic mass is 35.5. The smallest absolute Gasteiger partial charge is 0.345 e. The van der Waals surface area contributed by atoms with E-state index in [9.17, 15) is 13.6 Å². The van der Waals surface area contributed by atoms with Crippen LogP contribution in [0.2, 0.25) is 10.0 Å². The molecule has 1 aliphatic carbocycles. The molecule has 13 nitrogen and oxygen atoms in total. The number of nitrogens with zero attached hydrogens (tertiary/aromatic N) is 7. The molecular formula is C29H38Cl2N10O3S. The monoisotopic (exact) mass is 676 g/mol. The van der Waals surface area contributed by atoms with Gasteiger partial charge in [0.2, 0.25) is 0 Å².